The van der Waals surface area contributed by atoms with Crippen LogP contribution < -0.4 is 9.80 Å². The van der Waals surface area contributed by atoms with E-state index in [2.05, 4.69) is 226 Å². The van der Waals surface area contributed by atoms with Gasteiger partial charge in [-0.25, -0.2) is 0 Å². The quantitative estimate of drug-likeness (QED) is 0.141. The lowest BCUT2D eigenvalue weighted by Crippen LogP contribution is -2.10. The van der Waals surface area contributed by atoms with Gasteiger partial charge in [0.25, 0.3) is 0 Å². The van der Waals surface area contributed by atoms with Crippen molar-refractivity contribution < 1.29 is 0 Å². The van der Waals surface area contributed by atoms with E-state index in [1.54, 1.807) is 0 Å². The minimum absolute atomic E-state index is 1.06. The molecule has 2 nitrogen and oxygen atoms in total. The summed E-state index contributed by atoms with van der Waals surface area (Å²) in [6.45, 7) is 0. The predicted molar refractivity (Wildman–Crippen MR) is 203 cm³/mol. The van der Waals surface area contributed by atoms with Crippen LogP contribution >= 0.6 is 15.9 Å². The molecule has 0 atom stereocenters. The van der Waals surface area contributed by atoms with Crippen molar-refractivity contribution >= 4 is 61.7 Å². The zero-order valence-corrected chi connectivity index (χ0v) is 27.4. The molecule has 0 radical (unpaired) electrons. The molecule has 7 rings (SSSR count). The van der Waals surface area contributed by atoms with Crippen molar-refractivity contribution in [2.75, 3.05) is 9.80 Å². The van der Waals surface area contributed by atoms with Gasteiger partial charge in [-0.3, -0.25) is 0 Å². The Morgan fingerprint density at radius 3 is 0.957 bits per heavy atom. The Kier molecular flexibility index (Phi) is 9.07. The first-order chi connectivity index (χ1) is 23.2. The van der Waals surface area contributed by atoms with Crippen molar-refractivity contribution in [3.8, 4) is 0 Å². The molecule has 7 aromatic rings. The van der Waals surface area contributed by atoms with Gasteiger partial charge in [0, 0.05) is 38.6 Å². The van der Waals surface area contributed by atoms with Gasteiger partial charge in [-0.2, -0.15) is 0 Å². The van der Waals surface area contributed by atoms with E-state index in [1.165, 1.54) is 0 Å². The van der Waals surface area contributed by atoms with E-state index in [0.717, 1.165) is 60.9 Å². The number of nitrogens with zero attached hydrogens (tertiary/aromatic N) is 2. The van der Waals surface area contributed by atoms with Crippen molar-refractivity contribution in [1.82, 2.24) is 0 Å². The number of hydrogen-bond acceptors (Lipinski definition) is 2. The summed E-state index contributed by atoms with van der Waals surface area (Å²) in [4.78, 5) is 4.58. The second-order valence-corrected chi connectivity index (χ2v) is 12.1. The molecular formula is C44H33BrN2. The Morgan fingerprint density at radius 2 is 0.638 bits per heavy atom. The number of hydrogen-bond donors (Lipinski definition) is 0. The molecule has 226 valence electrons. The Hall–Kier alpha value is -5.64. The van der Waals surface area contributed by atoms with E-state index < -0.39 is 0 Å². The molecule has 3 heteroatoms. The van der Waals surface area contributed by atoms with Crippen LogP contribution in [0.2, 0.25) is 0 Å². The Labute approximate surface area is 285 Å². The molecule has 0 bridgehead atoms. The Morgan fingerprint density at radius 1 is 0.340 bits per heavy atom. The lowest BCUT2D eigenvalue weighted by atomic mass is 9.95. The van der Waals surface area contributed by atoms with Gasteiger partial charge >= 0.3 is 0 Å². The lowest BCUT2D eigenvalue weighted by Gasteiger charge is -2.26. The molecule has 0 aliphatic carbocycles. The summed E-state index contributed by atoms with van der Waals surface area (Å²) in [6, 6.07) is 68.3. The molecule has 7 aromatic carbocycles. The van der Waals surface area contributed by atoms with Crippen LogP contribution in [-0.4, -0.2) is 0 Å². The minimum atomic E-state index is 1.06. The van der Waals surface area contributed by atoms with Crippen LogP contribution in [-0.2, 0) is 0 Å². The Bertz CT molecular complexity index is 1830. The van der Waals surface area contributed by atoms with Crippen LogP contribution in [0.3, 0.4) is 0 Å². The van der Waals surface area contributed by atoms with E-state index in [4.69, 9.17) is 0 Å². The third kappa shape index (κ3) is 6.96. The van der Waals surface area contributed by atoms with Crippen LogP contribution in [0.15, 0.2) is 199 Å². The third-order valence-electron chi connectivity index (χ3n) is 8.11. The van der Waals surface area contributed by atoms with E-state index >= 15 is 0 Å². The second-order valence-electron chi connectivity index (χ2n) is 11.2. The molecule has 0 unspecified atom stereocenters. The number of benzene rings is 7. The van der Waals surface area contributed by atoms with Crippen LogP contribution in [0.5, 0.6) is 0 Å². The van der Waals surface area contributed by atoms with E-state index in [1.807, 2.05) is 0 Å². The fourth-order valence-corrected chi connectivity index (χ4v) is 6.11. The normalized spacial score (nSPS) is 10.7. The zero-order valence-electron chi connectivity index (χ0n) is 25.8. The highest BCUT2D eigenvalue weighted by atomic mass is 79.9. The molecule has 0 saturated heterocycles. The molecular weight excluding hydrogens is 636 g/mol. The van der Waals surface area contributed by atoms with Crippen LogP contribution in [0.25, 0.3) is 11.6 Å². The van der Waals surface area contributed by atoms with Gasteiger partial charge in [-0.1, -0.05) is 125 Å². The molecule has 0 amide bonds. The van der Waals surface area contributed by atoms with Gasteiger partial charge in [0.15, 0.2) is 0 Å². The first kappa shape index (κ1) is 30.0. The first-order valence-electron chi connectivity index (χ1n) is 15.7. The summed E-state index contributed by atoms with van der Waals surface area (Å²) in [7, 11) is 0. The fraction of sp³-hybridized carbons (Fsp3) is 0. The van der Waals surface area contributed by atoms with Gasteiger partial charge in [0.1, 0.15) is 0 Å². The number of anilines is 6. The second kappa shape index (κ2) is 14.2. The smallest absolute Gasteiger partial charge is 0.0462 e. The van der Waals surface area contributed by atoms with Crippen molar-refractivity contribution in [1.29, 1.82) is 0 Å². The van der Waals surface area contributed by atoms with Gasteiger partial charge in [0.2, 0.25) is 0 Å². The SMILES string of the molecule is Brc1ccc(C=C(c2ccc(N(c3ccccc3)c3ccccc3)cc2)c2ccc(N(c3ccccc3)c3ccccc3)cc2)cc1. The van der Waals surface area contributed by atoms with Gasteiger partial charge in [-0.05, 0) is 113 Å². The molecule has 0 aliphatic rings. The molecule has 0 heterocycles. The molecule has 0 N–H and O–H groups in total. The highest BCUT2D eigenvalue weighted by Gasteiger charge is 2.15. The third-order valence-corrected chi connectivity index (χ3v) is 8.64. The van der Waals surface area contributed by atoms with Gasteiger partial charge in [0.05, 0.1) is 0 Å². The van der Waals surface area contributed by atoms with Gasteiger partial charge in [-0.15, -0.1) is 0 Å². The monoisotopic (exact) mass is 668 g/mol. The highest BCUT2D eigenvalue weighted by molar-refractivity contribution is 9.10. The average Bonchev–Trinajstić information content (AvgIpc) is 3.14. The lowest BCUT2D eigenvalue weighted by molar-refractivity contribution is 1.28. The summed E-state index contributed by atoms with van der Waals surface area (Å²) >= 11 is 3.59. The first-order valence-corrected chi connectivity index (χ1v) is 16.5. The molecule has 0 aliphatic heterocycles. The van der Waals surface area contributed by atoms with Crippen molar-refractivity contribution in [2.45, 2.75) is 0 Å². The zero-order chi connectivity index (χ0) is 31.8. The summed E-state index contributed by atoms with van der Waals surface area (Å²) < 4.78 is 1.06. The highest BCUT2D eigenvalue weighted by Crippen LogP contribution is 2.38. The maximum absolute atomic E-state index is 3.59. The maximum atomic E-state index is 3.59. The van der Waals surface area contributed by atoms with Crippen LogP contribution in [0, 0.1) is 0 Å². The van der Waals surface area contributed by atoms with Gasteiger partial charge < -0.3 is 9.80 Å². The number of para-hydroxylation sites is 4. The van der Waals surface area contributed by atoms with E-state index in [9.17, 15) is 0 Å². The van der Waals surface area contributed by atoms with E-state index in [-0.39, 0.29) is 0 Å². The molecule has 0 saturated carbocycles. The minimum Gasteiger partial charge on any atom is -0.311 e. The standard InChI is InChI=1S/C44H33BrN2/c45-37-27-21-34(22-28-37)33-44(35-23-29-42(30-24-35)46(38-13-5-1-6-14-38)39-15-7-2-8-16-39)36-25-31-43(32-26-36)47(40-17-9-3-10-18-40)41-19-11-4-12-20-41/h1-33H. The van der Waals surface area contributed by atoms with Crippen LogP contribution in [0.4, 0.5) is 34.1 Å². The average molecular weight is 670 g/mol. The molecule has 0 spiro atoms. The summed E-state index contributed by atoms with van der Waals surface area (Å²) in [5, 5.41) is 0. The number of rotatable bonds is 9. The topological polar surface area (TPSA) is 6.48 Å². The predicted octanol–water partition coefficient (Wildman–Crippen LogP) is 13.0. The molecule has 0 fully saturated rings. The number of halogens is 1. The summed E-state index contributed by atoms with van der Waals surface area (Å²) in [6.07, 6.45) is 2.27. The molecule has 0 aromatic heterocycles. The van der Waals surface area contributed by atoms with Crippen molar-refractivity contribution in [3.63, 3.8) is 0 Å². The Balaban J connectivity index is 1.28. The fourth-order valence-electron chi connectivity index (χ4n) is 5.84. The van der Waals surface area contributed by atoms with Crippen molar-refractivity contribution in [3.05, 3.63) is 215 Å². The largest absolute Gasteiger partial charge is 0.311 e. The summed E-state index contributed by atoms with van der Waals surface area (Å²) in [5.41, 5.74) is 11.3. The van der Waals surface area contributed by atoms with Crippen LogP contribution in [0.1, 0.15) is 16.7 Å². The van der Waals surface area contributed by atoms with Crippen molar-refractivity contribution in [2.24, 2.45) is 0 Å². The summed E-state index contributed by atoms with van der Waals surface area (Å²) in [5.74, 6) is 0. The molecule has 47 heavy (non-hydrogen) atoms. The van der Waals surface area contributed by atoms with E-state index in [0.29, 0.717) is 0 Å². The maximum Gasteiger partial charge on any atom is 0.0462 e.